The van der Waals surface area contributed by atoms with Gasteiger partial charge < -0.3 is 19.3 Å². The molecule has 0 saturated heterocycles. The highest BCUT2D eigenvalue weighted by atomic mass is 16.6. The lowest BCUT2D eigenvalue weighted by Crippen LogP contribution is -2.20. The average Bonchev–Trinajstić information content (AvgIpc) is 2.84. The van der Waals surface area contributed by atoms with Crippen LogP contribution in [0.3, 0.4) is 0 Å². The molecule has 0 aliphatic heterocycles. The summed E-state index contributed by atoms with van der Waals surface area (Å²) in [5.74, 6) is 0.404. The van der Waals surface area contributed by atoms with Crippen LogP contribution in [0.15, 0.2) is 48.9 Å². The lowest BCUT2D eigenvalue weighted by atomic mass is 10.2. The van der Waals surface area contributed by atoms with Crippen molar-refractivity contribution in [3.8, 4) is 5.75 Å². The fourth-order valence-electron chi connectivity index (χ4n) is 2.02. The number of pyridine rings is 1. The van der Waals surface area contributed by atoms with Crippen LogP contribution in [0, 0.1) is 0 Å². The van der Waals surface area contributed by atoms with E-state index >= 15 is 0 Å². The second-order valence-corrected chi connectivity index (χ2v) is 4.31. The van der Waals surface area contributed by atoms with Gasteiger partial charge in [-0.25, -0.2) is 9.97 Å². The van der Waals surface area contributed by atoms with Crippen LogP contribution < -0.4 is 4.65 Å². The molecule has 0 unspecified atom stereocenters. The molecule has 0 atom stereocenters. The number of fused-ring (bicyclic) bond motifs is 1. The van der Waals surface area contributed by atoms with E-state index in [1.54, 1.807) is 24.7 Å². The van der Waals surface area contributed by atoms with Crippen LogP contribution in [0.2, 0.25) is 0 Å². The van der Waals surface area contributed by atoms with Crippen LogP contribution in [0.4, 0.5) is 0 Å². The third kappa shape index (κ3) is 2.63. The molecule has 0 aliphatic carbocycles. The first-order valence-electron chi connectivity index (χ1n) is 6.10. The number of hydrogen-bond donors (Lipinski definition) is 2. The fraction of sp³-hybridized carbons (Fsp3) is 0.0769. The number of imidazole rings is 1. The molecule has 0 aliphatic rings. The van der Waals surface area contributed by atoms with E-state index < -0.39 is 7.32 Å². The summed E-state index contributed by atoms with van der Waals surface area (Å²) in [6.07, 6.45) is 3.46. The van der Waals surface area contributed by atoms with Gasteiger partial charge in [0.15, 0.2) is 5.65 Å². The largest absolute Gasteiger partial charge is 0.707 e. The maximum Gasteiger partial charge on any atom is 0.707 e. The molecule has 0 amide bonds. The first-order valence-corrected chi connectivity index (χ1v) is 6.10. The second-order valence-electron chi connectivity index (χ2n) is 4.31. The molecule has 0 bridgehead atoms. The zero-order valence-corrected chi connectivity index (χ0v) is 10.5. The molecule has 0 fully saturated rings. The molecule has 100 valence electrons. The van der Waals surface area contributed by atoms with E-state index in [0.717, 1.165) is 16.7 Å². The normalized spacial score (nSPS) is 10.7. The summed E-state index contributed by atoms with van der Waals surface area (Å²) in [6.45, 7) is 0.657. The van der Waals surface area contributed by atoms with Gasteiger partial charge in [-0.15, -0.1) is 0 Å². The highest BCUT2D eigenvalue weighted by molar-refractivity contribution is 6.33. The van der Waals surface area contributed by atoms with Crippen LogP contribution in [0.25, 0.3) is 11.2 Å². The van der Waals surface area contributed by atoms with Gasteiger partial charge >= 0.3 is 7.32 Å². The van der Waals surface area contributed by atoms with Gasteiger partial charge in [-0.1, -0.05) is 12.1 Å². The Morgan fingerprint density at radius 2 is 1.90 bits per heavy atom. The number of hydrogen-bond acceptors (Lipinski definition) is 5. The Morgan fingerprint density at radius 1 is 1.10 bits per heavy atom. The quantitative estimate of drug-likeness (QED) is 0.685. The minimum Gasteiger partial charge on any atom is -0.512 e. The van der Waals surface area contributed by atoms with E-state index in [4.69, 9.17) is 14.7 Å². The Morgan fingerprint density at radius 3 is 2.65 bits per heavy atom. The van der Waals surface area contributed by atoms with Crippen LogP contribution >= 0.6 is 0 Å². The van der Waals surface area contributed by atoms with E-state index in [9.17, 15) is 0 Å². The van der Waals surface area contributed by atoms with Gasteiger partial charge in [-0.2, -0.15) is 0 Å². The minimum atomic E-state index is -1.80. The summed E-state index contributed by atoms with van der Waals surface area (Å²) >= 11 is 0. The summed E-state index contributed by atoms with van der Waals surface area (Å²) in [5.41, 5.74) is 2.74. The maximum atomic E-state index is 8.71. The molecule has 2 heterocycles. The highest BCUT2D eigenvalue weighted by Gasteiger charge is 2.10. The van der Waals surface area contributed by atoms with Crippen molar-refractivity contribution in [2.45, 2.75) is 6.54 Å². The molecule has 6 nitrogen and oxygen atoms in total. The monoisotopic (exact) mass is 269 g/mol. The Bertz CT molecular complexity index is 712. The van der Waals surface area contributed by atoms with E-state index in [1.165, 1.54) is 0 Å². The van der Waals surface area contributed by atoms with Crippen LogP contribution in [0.1, 0.15) is 5.56 Å². The summed E-state index contributed by atoms with van der Waals surface area (Å²) < 4.78 is 6.76. The van der Waals surface area contributed by atoms with Gasteiger partial charge in [0.1, 0.15) is 5.75 Å². The molecule has 0 radical (unpaired) electrons. The zero-order valence-electron chi connectivity index (χ0n) is 10.5. The molecule has 3 aromatic rings. The Labute approximate surface area is 115 Å². The SMILES string of the molecule is OB(O)Oc1ccc(Cn2cnc3ncccc32)cc1. The molecule has 7 heteroatoms. The number of rotatable bonds is 4. The predicted octanol–water partition coefficient (Wildman–Crippen LogP) is 0.828. The molecule has 2 N–H and O–H groups in total. The molecular weight excluding hydrogens is 257 g/mol. The van der Waals surface area contributed by atoms with Crippen molar-refractivity contribution in [3.63, 3.8) is 0 Å². The van der Waals surface area contributed by atoms with Crippen molar-refractivity contribution in [3.05, 3.63) is 54.5 Å². The lowest BCUT2D eigenvalue weighted by molar-refractivity contribution is 0.288. The molecular formula is C13H12BN3O3. The van der Waals surface area contributed by atoms with E-state index in [1.807, 2.05) is 28.8 Å². The van der Waals surface area contributed by atoms with Gasteiger partial charge in [0.05, 0.1) is 11.8 Å². The summed E-state index contributed by atoms with van der Waals surface area (Å²) in [6, 6.07) is 10.9. The smallest absolute Gasteiger partial charge is 0.512 e. The summed E-state index contributed by atoms with van der Waals surface area (Å²) in [5, 5.41) is 17.4. The molecule has 0 saturated carbocycles. The molecule has 20 heavy (non-hydrogen) atoms. The third-order valence-electron chi connectivity index (χ3n) is 2.91. The van der Waals surface area contributed by atoms with Crippen molar-refractivity contribution in [1.29, 1.82) is 0 Å². The third-order valence-corrected chi connectivity index (χ3v) is 2.91. The number of nitrogens with zero attached hydrogens (tertiary/aromatic N) is 3. The van der Waals surface area contributed by atoms with Gasteiger partial charge in [-0.05, 0) is 29.8 Å². The Balaban J connectivity index is 1.80. The van der Waals surface area contributed by atoms with Gasteiger partial charge in [-0.3, -0.25) is 0 Å². The first kappa shape index (κ1) is 12.6. The van der Waals surface area contributed by atoms with Crippen molar-refractivity contribution >= 4 is 18.5 Å². The highest BCUT2D eigenvalue weighted by Crippen LogP contribution is 2.15. The maximum absolute atomic E-state index is 8.71. The molecule has 3 rings (SSSR count). The van der Waals surface area contributed by atoms with Crippen molar-refractivity contribution < 1.29 is 14.7 Å². The van der Waals surface area contributed by atoms with Crippen molar-refractivity contribution in [2.24, 2.45) is 0 Å². The van der Waals surface area contributed by atoms with Crippen molar-refractivity contribution in [1.82, 2.24) is 14.5 Å². The second kappa shape index (κ2) is 5.32. The summed E-state index contributed by atoms with van der Waals surface area (Å²) in [7, 11) is -1.80. The number of benzene rings is 1. The van der Waals surface area contributed by atoms with E-state index in [-0.39, 0.29) is 0 Å². The van der Waals surface area contributed by atoms with Gasteiger partial charge in [0, 0.05) is 12.7 Å². The average molecular weight is 269 g/mol. The van der Waals surface area contributed by atoms with Gasteiger partial charge in [0.25, 0.3) is 0 Å². The molecule has 0 spiro atoms. The molecule has 1 aromatic carbocycles. The Hall–Kier alpha value is -2.38. The summed E-state index contributed by atoms with van der Waals surface area (Å²) in [4.78, 5) is 8.42. The van der Waals surface area contributed by atoms with Crippen molar-refractivity contribution in [2.75, 3.05) is 0 Å². The fourth-order valence-corrected chi connectivity index (χ4v) is 2.02. The standard InChI is InChI=1S/C13H12BN3O3/c18-14(19)20-11-5-3-10(4-6-11)8-17-9-16-13-12(17)2-1-7-15-13/h1-7,9,18-19H,8H2. The topological polar surface area (TPSA) is 80.4 Å². The van der Waals surface area contributed by atoms with Crippen LogP contribution in [-0.4, -0.2) is 31.9 Å². The van der Waals surface area contributed by atoms with Gasteiger partial charge in [0.2, 0.25) is 0 Å². The first-order chi connectivity index (χ1) is 9.72. The van der Waals surface area contributed by atoms with E-state index in [2.05, 4.69) is 9.97 Å². The zero-order chi connectivity index (χ0) is 13.9. The molecule has 2 aromatic heterocycles. The lowest BCUT2D eigenvalue weighted by Gasteiger charge is -2.07. The number of aromatic nitrogens is 3. The minimum absolute atomic E-state index is 0.404. The van der Waals surface area contributed by atoms with Crippen LogP contribution in [0.5, 0.6) is 5.75 Å². The Kier molecular flexibility index (Phi) is 3.36. The van der Waals surface area contributed by atoms with Crippen LogP contribution in [-0.2, 0) is 6.54 Å². The predicted molar refractivity (Wildman–Crippen MR) is 73.9 cm³/mol. The van der Waals surface area contributed by atoms with E-state index in [0.29, 0.717) is 12.3 Å².